The summed E-state index contributed by atoms with van der Waals surface area (Å²) < 4.78 is 0. The van der Waals surface area contributed by atoms with Crippen LogP contribution >= 0.6 is 0 Å². The lowest BCUT2D eigenvalue weighted by atomic mass is 9.86. The molecule has 0 fully saturated rings. The zero-order valence-electron chi connectivity index (χ0n) is 11.8. The molecule has 2 heteroatoms. The van der Waals surface area contributed by atoms with Crippen molar-refractivity contribution in [3.63, 3.8) is 0 Å². The van der Waals surface area contributed by atoms with Gasteiger partial charge in [0, 0.05) is 25.7 Å². The topological polar surface area (TPSA) is 15.6 Å². The highest BCUT2D eigenvalue weighted by Gasteiger charge is 2.24. The van der Waals surface area contributed by atoms with Gasteiger partial charge in [0.25, 0.3) is 0 Å². The van der Waals surface area contributed by atoms with Crippen molar-refractivity contribution in [1.82, 2.24) is 4.90 Å². The van der Waals surface area contributed by atoms with Gasteiger partial charge in [-0.2, -0.15) is 0 Å². The van der Waals surface area contributed by atoms with Gasteiger partial charge in [0.1, 0.15) is 0 Å². The van der Waals surface area contributed by atoms with Gasteiger partial charge < -0.3 is 4.90 Å². The SMILES string of the molecule is CN1CCc2c3c(cc(-c4ccccc4)c2C1)N=CC3. The van der Waals surface area contributed by atoms with Crippen LogP contribution < -0.4 is 0 Å². The molecule has 2 nitrogen and oxygen atoms in total. The fourth-order valence-corrected chi connectivity index (χ4v) is 3.40. The Morgan fingerprint density at radius 2 is 1.90 bits per heavy atom. The molecule has 20 heavy (non-hydrogen) atoms. The molecule has 0 saturated heterocycles. The summed E-state index contributed by atoms with van der Waals surface area (Å²) >= 11 is 0. The van der Waals surface area contributed by atoms with Crippen molar-refractivity contribution in [2.75, 3.05) is 13.6 Å². The summed E-state index contributed by atoms with van der Waals surface area (Å²) in [6.45, 7) is 2.20. The van der Waals surface area contributed by atoms with Crippen LogP contribution in [0.15, 0.2) is 41.4 Å². The Hall–Kier alpha value is -1.93. The molecule has 0 radical (unpaired) electrons. The van der Waals surface area contributed by atoms with Gasteiger partial charge in [-0.1, -0.05) is 30.3 Å². The number of aliphatic imine (C=N–C) groups is 1. The van der Waals surface area contributed by atoms with Crippen molar-refractivity contribution < 1.29 is 0 Å². The maximum atomic E-state index is 4.57. The minimum atomic E-state index is 1.01. The van der Waals surface area contributed by atoms with Crippen LogP contribution in [0.2, 0.25) is 0 Å². The lowest BCUT2D eigenvalue weighted by Crippen LogP contribution is -2.27. The van der Waals surface area contributed by atoms with Gasteiger partial charge in [-0.3, -0.25) is 4.99 Å². The Morgan fingerprint density at radius 3 is 2.75 bits per heavy atom. The molecule has 0 bridgehead atoms. The molecular weight excluding hydrogens is 244 g/mol. The zero-order valence-corrected chi connectivity index (χ0v) is 11.8. The lowest BCUT2D eigenvalue weighted by molar-refractivity contribution is 0.313. The second-order valence-corrected chi connectivity index (χ2v) is 5.75. The van der Waals surface area contributed by atoms with Gasteiger partial charge in [-0.25, -0.2) is 0 Å². The summed E-state index contributed by atoms with van der Waals surface area (Å²) in [6.07, 6.45) is 4.21. The highest BCUT2D eigenvalue weighted by Crippen LogP contribution is 2.39. The highest BCUT2D eigenvalue weighted by molar-refractivity contribution is 5.83. The van der Waals surface area contributed by atoms with Crippen LogP contribution in [0, 0.1) is 0 Å². The number of rotatable bonds is 1. The number of benzene rings is 2. The highest BCUT2D eigenvalue weighted by atomic mass is 15.1. The van der Waals surface area contributed by atoms with Gasteiger partial charge in [-0.05, 0) is 47.4 Å². The van der Waals surface area contributed by atoms with E-state index < -0.39 is 0 Å². The van der Waals surface area contributed by atoms with Gasteiger partial charge in [0.05, 0.1) is 5.69 Å². The van der Waals surface area contributed by atoms with E-state index in [0.717, 1.165) is 25.9 Å². The van der Waals surface area contributed by atoms with E-state index in [0.29, 0.717) is 0 Å². The summed E-state index contributed by atoms with van der Waals surface area (Å²) in [5.74, 6) is 0. The van der Waals surface area contributed by atoms with Crippen LogP contribution in [0.3, 0.4) is 0 Å². The molecule has 0 N–H and O–H groups in total. The van der Waals surface area contributed by atoms with Crippen LogP contribution in [0.4, 0.5) is 5.69 Å². The van der Waals surface area contributed by atoms with E-state index in [1.54, 1.807) is 5.56 Å². The molecular formula is C18H18N2. The lowest BCUT2D eigenvalue weighted by Gasteiger charge is -2.29. The first-order chi connectivity index (χ1) is 9.83. The average molecular weight is 262 g/mol. The van der Waals surface area contributed by atoms with Crippen molar-refractivity contribution in [2.45, 2.75) is 19.4 Å². The van der Waals surface area contributed by atoms with Gasteiger partial charge in [0.2, 0.25) is 0 Å². The van der Waals surface area contributed by atoms with E-state index in [1.165, 1.54) is 27.9 Å². The molecule has 0 aromatic heterocycles. The third-order valence-corrected chi connectivity index (χ3v) is 4.43. The van der Waals surface area contributed by atoms with E-state index >= 15 is 0 Å². The van der Waals surface area contributed by atoms with Crippen molar-refractivity contribution in [3.05, 3.63) is 53.1 Å². The summed E-state index contributed by atoms with van der Waals surface area (Å²) in [6, 6.07) is 13.0. The maximum absolute atomic E-state index is 4.57. The van der Waals surface area contributed by atoms with Crippen molar-refractivity contribution in [2.24, 2.45) is 4.99 Å². The van der Waals surface area contributed by atoms with Crippen molar-refractivity contribution in [1.29, 1.82) is 0 Å². The van der Waals surface area contributed by atoms with Gasteiger partial charge in [0.15, 0.2) is 0 Å². The predicted molar refractivity (Wildman–Crippen MR) is 83.8 cm³/mol. The Balaban J connectivity index is 1.96. The van der Waals surface area contributed by atoms with Gasteiger partial charge in [-0.15, -0.1) is 0 Å². The third-order valence-electron chi connectivity index (χ3n) is 4.43. The monoisotopic (exact) mass is 262 g/mol. The number of fused-ring (bicyclic) bond motifs is 3. The summed E-state index contributed by atoms with van der Waals surface area (Å²) in [5.41, 5.74) is 8.39. The summed E-state index contributed by atoms with van der Waals surface area (Å²) in [7, 11) is 2.21. The van der Waals surface area contributed by atoms with Gasteiger partial charge >= 0.3 is 0 Å². The van der Waals surface area contributed by atoms with Crippen molar-refractivity contribution in [3.8, 4) is 11.1 Å². The largest absolute Gasteiger partial charge is 0.302 e. The van der Waals surface area contributed by atoms with Crippen molar-refractivity contribution >= 4 is 11.9 Å². The Bertz CT molecular complexity index is 686. The molecule has 0 spiro atoms. The van der Waals surface area contributed by atoms with E-state index in [9.17, 15) is 0 Å². The molecule has 4 rings (SSSR count). The van der Waals surface area contributed by atoms with E-state index in [1.807, 2.05) is 0 Å². The van der Waals surface area contributed by atoms with Crippen LogP contribution in [0.1, 0.15) is 16.7 Å². The summed E-state index contributed by atoms with van der Waals surface area (Å²) in [4.78, 5) is 6.99. The molecule has 2 aromatic rings. The Kier molecular flexibility index (Phi) is 2.71. The molecule has 2 aliphatic heterocycles. The standard InChI is InChI=1S/C18H18N2/c1-20-10-8-14-15-7-9-19-18(15)11-16(17(14)12-20)13-5-3-2-4-6-13/h2-6,9,11H,7-8,10,12H2,1H3. The fraction of sp³-hybridized carbons (Fsp3) is 0.278. The van der Waals surface area contributed by atoms with Crippen LogP contribution in [0.5, 0.6) is 0 Å². The van der Waals surface area contributed by atoms with Crippen LogP contribution in [0.25, 0.3) is 11.1 Å². The first-order valence-corrected chi connectivity index (χ1v) is 7.27. The number of hydrogen-bond acceptors (Lipinski definition) is 2. The molecule has 2 heterocycles. The van der Waals surface area contributed by atoms with E-state index in [2.05, 4.69) is 59.6 Å². The minimum Gasteiger partial charge on any atom is -0.302 e. The second-order valence-electron chi connectivity index (χ2n) is 5.75. The fourth-order valence-electron chi connectivity index (χ4n) is 3.40. The molecule has 0 saturated carbocycles. The number of hydrogen-bond donors (Lipinski definition) is 0. The van der Waals surface area contributed by atoms with Crippen LogP contribution in [-0.4, -0.2) is 24.7 Å². The second kappa shape index (κ2) is 4.57. The Morgan fingerprint density at radius 1 is 1.05 bits per heavy atom. The number of nitrogens with zero attached hydrogens (tertiary/aromatic N) is 2. The predicted octanol–water partition coefficient (Wildman–Crippen LogP) is 3.60. The molecule has 0 aliphatic carbocycles. The normalized spacial score (nSPS) is 17.1. The minimum absolute atomic E-state index is 1.01. The molecule has 0 unspecified atom stereocenters. The molecule has 0 amide bonds. The zero-order chi connectivity index (χ0) is 13.5. The van der Waals surface area contributed by atoms with Crippen LogP contribution in [-0.2, 0) is 19.4 Å². The number of likely N-dealkylation sites (N-methyl/N-ethyl adjacent to an activating group) is 1. The summed E-state index contributed by atoms with van der Waals surface area (Å²) in [5, 5.41) is 0. The maximum Gasteiger partial charge on any atom is 0.0670 e. The smallest absolute Gasteiger partial charge is 0.0670 e. The van der Waals surface area contributed by atoms with E-state index in [-0.39, 0.29) is 0 Å². The molecule has 0 atom stereocenters. The molecule has 100 valence electrons. The molecule has 2 aliphatic rings. The first-order valence-electron chi connectivity index (χ1n) is 7.27. The third kappa shape index (κ3) is 1.80. The van der Waals surface area contributed by atoms with E-state index in [4.69, 9.17) is 0 Å². The quantitative estimate of drug-likeness (QED) is 0.766. The Labute approximate surface area is 119 Å². The average Bonchev–Trinajstić information content (AvgIpc) is 2.95. The first kappa shape index (κ1) is 11.9. The molecule has 2 aromatic carbocycles.